The molecule has 1 aliphatic rings. The van der Waals surface area contributed by atoms with E-state index in [0.29, 0.717) is 12.5 Å². The van der Waals surface area contributed by atoms with E-state index < -0.39 is 6.29 Å². The Morgan fingerprint density at radius 2 is 2.00 bits per heavy atom. The van der Waals surface area contributed by atoms with E-state index in [0.717, 1.165) is 6.42 Å². The van der Waals surface area contributed by atoms with Crippen LogP contribution in [0.4, 0.5) is 0 Å². The number of aliphatic hydroxyl groups excluding tert-OH is 1. The van der Waals surface area contributed by atoms with E-state index in [1.54, 1.807) is 0 Å². The van der Waals surface area contributed by atoms with Crippen molar-refractivity contribution < 1.29 is 9.84 Å². The second-order valence-electron chi connectivity index (χ2n) is 3.13. The first-order chi connectivity index (χ1) is 5.86. The van der Waals surface area contributed by atoms with E-state index in [1.165, 1.54) is 5.56 Å². The maximum absolute atomic E-state index is 9.14. The summed E-state index contributed by atoms with van der Waals surface area (Å²) < 4.78 is 5.08. The molecule has 0 amide bonds. The quantitative estimate of drug-likeness (QED) is 0.681. The Kier molecular flexibility index (Phi) is 2.11. The highest BCUT2D eigenvalue weighted by Gasteiger charge is 2.24. The van der Waals surface area contributed by atoms with Crippen LogP contribution in [0, 0.1) is 0 Å². The molecule has 2 rings (SSSR count). The largest absolute Gasteiger partial charge is 0.368 e. The lowest BCUT2D eigenvalue weighted by Crippen LogP contribution is -2.00. The summed E-state index contributed by atoms with van der Waals surface area (Å²) in [6.45, 7) is 0.644. The summed E-state index contributed by atoms with van der Waals surface area (Å²) in [5.41, 5.74) is 1.26. The van der Waals surface area contributed by atoms with Crippen molar-refractivity contribution in [1.82, 2.24) is 0 Å². The van der Waals surface area contributed by atoms with Crippen molar-refractivity contribution in [2.45, 2.75) is 18.6 Å². The van der Waals surface area contributed by atoms with Crippen molar-refractivity contribution >= 4 is 0 Å². The predicted molar refractivity (Wildman–Crippen MR) is 45.8 cm³/mol. The summed E-state index contributed by atoms with van der Waals surface area (Å²) in [5, 5.41) is 9.14. The lowest BCUT2D eigenvalue weighted by atomic mass is 9.98. The first kappa shape index (κ1) is 7.77. The molecule has 2 heteroatoms. The van der Waals surface area contributed by atoms with E-state index >= 15 is 0 Å². The highest BCUT2D eigenvalue weighted by molar-refractivity contribution is 5.20. The Morgan fingerprint density at radius 1 is 1.25 bits per heavy atom. The zero-order chi connectivity index (χ0) is 8.39. The molecule has 0 aliphatic carbocycles. The van der Waals surface area contributed by atoms with E-state index in [-0.39, 0.29) is 0 Å². The Hall–Kier alpha value is -0.860. The fourth-order valence-corrected chi connectivity index (χ4v) is 1.56. The van der Waals surface area contributed by atoms with Gasteiger partial charge < -0.3 is 9.84 Å². The molecule has 2 nitrogen and oxygen atoms in total. The topological polar surface area (TPSA) is 29.5 Å². The molecule has 1 saturated heterocycles. The Labute approximate surface area is 71.8 Å². The molecule has 1 aliphatic heterocycles. The van der Waals surface area contributed by atoms with Crippen LogP contribution in [-0.2, 0) is 4.74 Å². The fourth-order valence-electron chi connectivity index (χ4n) is 1.56. The number of hydrogen-bond acceptors (Lipinski definition) is 2. The molecule has 0 spiro atoms. The van der Waals surface area contributed by atoms with Gasteiger partial charge in [-0.2, -0.15) is 0 Å². The monoisotopic (exact) mass is 164 g/mol. The second kappa shape index (κ2) is 3.25. The second-order valence-corrected chi connectivity index (χ2v) is 3.13. The van der Waals surface area contributed by atoms with Gasteiger partial charge in [-0.15, -0.1) is 0 Å². The van der Waals surface area contributed by atoms with Crippen LogP contribution in [0.3, 0.4) is 0 Å². The van der Waals surface area contributed by atoms with Gasteiger partial charge in [-0.1, -0.05) is 30.3 Å². The highest BCUT2D eigenvalue weighted by Crippen LogP contribution is 2.27. The van der Waals surface area contributed by atoms with Crippen LogP contribution >= 0.6 is 0 Å². The van der Waals surface area contributed by atoms with Crippen LogP contribution in [0.25, 0.3) is 0 Å². The summed E-state index contributed by atoms with van der Waals surface area (Å²) in [4.78, 5) is 0. The molecule has 1 fully saturated rings. The van der Waals surface area contributed by atoms with Crippen LogP contribution in [-0.4, -0.2) is 18.0 Å². The maximum Gasteiger partial charge on any atom is 0.155 e. The minimum atomic E-state index is -0.560. The van der Waals surface area contributed by atoms with Gasteiger partial charge >= 0.3 is 0 Å². The molecular formula is C10H12O2. The van der Waals surface area contributed by atoms with E-state index in [2.05, 4.69) is 12.1 Å². The van der Waals surface area contributed by atoms with Gasteiger partial charge in [0.25, 0.3) is 0 Å². The van der Waals surface area contributed by atoms with E-state index in [1.807, 2.05) is 18.2 Å². The minimum Gasteiger partial charge on any atom is -0.368 e. The van der Waals surface area contributed by atoms with Crippen LogP contribution in [0.2, 0.25) is 0 Å². The van der Waals surface area contributed by atoms with Gasteiger partial charge in [-0.05, 0) is 5.56 Å². The molecule has 12 heavy (non-hydrogen) atoms. The number of hydrogen-bond donors (Lipinski definition) is 1. The van der Waals surface area contributed by atoms with E-state index in [4.69, 9.17) is 9.84 Å². The van der Waals surface area contributed by atoms with Crippen LogP contribution < -0.4 is 0 Å². The highest BCUT2D eigenvalue weighted by atomic mass is 16.6. The lowest BCUT2D eigenvalue weighted by Gasteiger charge is -2.05. The standard InChI is InChI=1S/C10H12O2/c11-10-6-9(7-12-10)8-4-2-1-3-5-8/h1-5,9-11H,6-7H2/t9-,10-/m0/s1. The summed E-state index contributed by atoms with van der Waals surface area (Å²) in [6, 6.07) is 10.2. The Balaban J connectivity index is 2.11. The fraction of sp³-hybridized carbons (Fsp3) is 0.400. The lowest BCUT2D eigenvalue weighted by molar-refractivity contribution is -0.0589. The van der Waals surface area contributed by atoms with Gasteiger partial charge in [0.2, 0.25) is 0 Å². The molecule has 1 aromatic carbocycles. The van der Waals surface area contributed by atoms with Gasteiger partial charge in [0.05, 0.1) is 6.61 Å². The third-order valence-electron chi connectivity index (χ3n) is 2.25. The number of benzene rings is 1. The third kappa shape index (κ3) is 1.49. The molecule has 2 atom stereocenters. The smallest absolute Gasteiger partial charge is 0.155 e. The number of ether oxygens (including phenoxy) is 1. The van der Waals surface area contributed by atoms with Crippen LogP contribution in [0.1, 0.15) is 17.9 Å². The van der Waals surface area contributed by atoms with Crippen molar-refractivity contribution in [3.8, 4) is 0 Å². The van der Waals surface area contributed by atoms with Crippen molar-refractivity contribution in [2.24, 2.45) is 0 Å². The third-order valence-corrected chi connectivity index (χ3v) is 2.25. The van der Waals surface area contributed by atoms with Crippen molar-refractivity contribution in [3.05, 3.63) is 35.9 Å². The first-order valence-electron chi connectivity index (χ1n) is 4.21. The normalized spacial score (nSPS) is 29.1. The summed E-state index contributed by atoms with van der Waals surface area (Å²) >= 11 is 0. The molecule has 1 N–H and O–H groups in total. The predicted octanol–water partition coefficient (Wildman–Crippen LogP) is 1.51. The number of aliphatic hydroxyl groups is 1. The van der Waals surface area contributed by atoms with Crippen LogP contribution in [0.15, 0.2) is 30.3 Å². The van der Waals surface area contributed by atoms with Gasteiger partial charge in [-0.3, -0.25) is 0 Å². The molecule has 0 aromatic heterocycles. The van der Waals surface area contributed by atoms with Crippen molar-refractivity contribution in [2.75, 3.05) is 6.61 Å². The van der Waals surface area contributed by atoms with Crippen molar-refractivity contribution in [3.63, 3.8) is 0 Å². The zero-order valence-corrected chi connectivity index (χ0v) is 6.81. The molecule has 0 saturated carbocycles. The summed E-state index contributed by atoms with van der Waals surface area (Å²) in [7, 11) is 0. The molecule has 0 unspecified atom stereocenters. The molecule has 1 heterocycles. The Morgan fingerprint density at radius 3 is 2.58 bits per heavy atom. The van der Waals surface area contributed by atoms with Crippen molar-refractivity contribution in [1.29, 1.82) is 0 Å². The first-order valence-corrected chi connectivity index (χ1v) is 4.21. The van der Waals surface area contributed by atoms with Crippen LogP contribution in [0.5, 0.6) is 0 Å². The summed E-state index contributed by atoms with van der Waals surface area (Å²) in [5.74, 6) is 0.376. The Bertz CT molecular complexity index is 245. The minimum absolute atomic E-state index is 0.376. The zero-order valence-electron chi connectivity index (χ0n) is 6.81. The number of rotatable bonds is 1. The molecular weight excluding hydrogens is 152 g/mol. The molecule has 64 valence electrons. The molecule has 0 bridgehead atoms. The van der Waals surface area contributed by atoms with Gasteiger partial charge in [-0.25, -0.2) is 0 Å². The molecule has 0 radical (unpaired) electrons. The summed E-state index contributed by atoms with van der Waals surface area (Å²) in [6.07, 6.45) is 0.166. The van der Waals surface area contributed by atoms with Gasteiger partial charge in [0.15, 0.2) is 6.29 Å². The SMILES string of the molecule is O[C@@H]1C[C@H](c2ccccc2)CO1. The molecule has 1 aromatic rings. The average Bonchev–Trinajstić information content (AvgIpc) is 2.54. The van der Waals surface area contributed by atoms with E-state index in [9.17, 15) is 0 Å². The average molecular weight is 164 g/mol. The van der Waals surface area contributed by atoms with Gasteiger partial charge in [0, 0.05) is 12.3 Å². The maximum atomic E-state index is 9.14. The van der Waals surface area contributed by atoms with Gasteiger partial charge in [0.1, 0.15) is 0 Å².